The first kappa shape index (κ1) is 24.1. The smallest absolute Gasteiger partial charge is 0.300 e. The van der Waals surface area contributed by atoms with E-state index in [1.54, 1.807) is 24.3 Å². The Labute approximate surface area is 201 Å². The highest BCUT2D eigenvalue weighted by Gasteiger charge is 2.48. The molecule has 6 nitrogen and oxygen atoms in total. The number of carbonyl (C=O) groups excluding carboxylic acids is 2. The summed E-state index contributed by atoms with van der Waals surface area (Å²) in [6, 6.07) is 9.74. The predicted molar refractivity (Wildman–Crippen MR) is 127 cm³/mol. The van der Waals surface area contributed by atoms with Gasteiger partial charge in [0.25, 0.3) is 11.7 Å². The molecule has 1 aromatic heterocycles. The van der Waals surface area contributed by atoms with Crippen LogP contribution in [0, 0.1) is 11.6 Å². The van der Waals surface area contributed by atoms with Crippen molar-refractivity contribution in [3.05, 3.63) is 94.8 Å². The first-order valence-corrected chi connectivity index (χ1v) is 10.9. The van der Waals surface area contributed by atoms with Crippen LogP contribution in [-0.2, 0) is 15.0 Å². The standard InChI is InChI=1S/C27H24F2N2O4/c1-27(2,3)16-7-10-21(35-4)18(12-16)24(32)22-23(15-6-5-11-30-14-15)31(26(34)25(22)33)20-13-17(28)8-9-19(20)29/h5-14,23,32H,1-4H3/b24-22+. The second kappa shape index (κ2) is 8.94. The van der Waals surface area contributed by atoms with E-state index in [4.69, 9.17) is 4.74 Å². The molecular formula is C27H24F2N2O4. The maximum absolute atomic E-state index is 14.8. The van der Waals surface area contributed by atoms with E-state index in [1.807, 2.05) is 26.8 Å². The van der Waals surface area contributed by atoms with E-state index in [0.29, 0.717) is 5.56 Å². The molecule has 1 amide bonds. The quantitative estimate of drug-likeness (QED) is 0.313. The molecule has 3 aromatic rings. The molecule has 0 aliphatic carbocycles. The highest BCUT2D eigenvalue weighted by atomic mass is 19.1. The normalized spacial score (nSPS) is 17.7. The first-order valence-electron chi connectivity index (χ1n) is 10.9. The van der Waals surface area contributed by atoms with E-state index < -0.39 is 40.8 Å². The van der Waals surface area contributed by atoms with Gasteiger partial charge in [-0.2, -0.15) is 0 Å². The lowest BCUT2D eigenvalue weighted by atomic mass is 9.85. The third kappa shape index (κ3) is 4.27. The third-order valence-electron chi connectivity index (χ3n) is 5.93. The van der Waals surface area contributed by atoms with Gasteiger partial charge in [-0.1, -0.05) is 32.9 Å². The summed E-state index contributed by atoms with van der Waals surface area (Å²) in [5, 5.41) is 11.4. The molecule has 2 heterocycles. The number of hydrogen-bond donors (Lipinski definition) is 1. The Morgan fingerprint density at radius 3 is 2.46 bits per heavy atom. The number of halogens is 2. The average Bonchev–Trinajstić information content (AvgIpc) is 3.10. The van der Waals surface area contributed by atoms with Crippen molar-refractivity contribution in [2.24, 2.45) is 0 Å². The van der Waals surface area contributed by atoms with Crippen LogP contribution >= 0.6 is 0 Å². The van der Waals surface area contributed by atoms with Crippen LogP contribution in [0.25, 0.3) is 5.76 Å². The number of ether oxygens (including phenoxy) is 1. The van der Waals surface area contributed by atoms with E-state index >= 15 is 0 Å². The summed E-state index contributed by atoms with van der Waals surface area (Å²) >= 11 is 0. The van der Waals surface area contributed by atoms with E-state index in [1.165, 1.54) is 19.5 Å². The summed E-state index contributed by atoms with van der Waals surface area (Å²) in [6.07, 6.45) is 2.89. The molecule has 1 N–H and O–H groups in total. The molecule has 2 aromatic carbocycles. The van der Waals surface area contributed by atoms with E-state index in [2.05, 4.69) is 4.98 Å². The molecule has 0 radical (unpaired) electrons. The lowest BCUT2D eigenvalue weighted by molar-refractivity contribution is -0.132. The minimum Gasteiger partial charge on any atom is -0.507 e. The zero-order valence-corrected chi connectivity index (χ0v) is 19.7. The van der Waals surface area contributed by atoms with Crippen molar-refractivity contribution < 1.29 is 28.2 Å². The number of pyridine rings is 1. The van der Waals surface area contributed by atoms with Crippen LogP contribution in [0.3, 0.4) is 0 Å². The average molecular weight is 478 g/mol. The van der Waals surface area contributed by atoms with Crippen LogP contribution in [-0.4, -0.2) is 28.9 Å². The first-order chi connectivity index (χ1) is 16.5. The number of amides is 1. The molecule has 0 bridgehead atoms. The third-order valence-corrected chi connectivity index (χ3v) is 5.93. The Hall–Kier alpha value is -4.07. The van der Waals surface area contributed by atoms with Crippen molar-refractivity contribution in [3.63, 3.8) is 0 Å². The Morgan fingerprint density at radius 1 is 1.09 bits per heavy atom. The van der Waals surface area contributed by atoms with Crippen LogP contribution < -0.4 is 9.64 Å². The van der Waals surface area contributed by atoms with Gasteiger partial charge < -0.3 is 9.84 Å². The van der Waals surface area contributed by atoms with Crippen molar-refractivity contribution in [1.82, 2.24) is 4.98 Å². The van der Waals surface area contributed by atoms with Gasteiger partial charge in [0.1, 0.15) is 23.1 Å². The zero-order chi connectivity index (χ0) is 25.5. The summed E-state index contributed by atoms with van der Waals surface area (Å²) in [6.45, 7) is 5.96. The number of aromatic nitrogens is 1. The fraction of sp³-hybridized carbons (Fsp3) is 0.222. The number of hydrogen-bond acceptors (Lipinski definition) is 5. The van der Waals surface area contributed by atoms with Crippen molar-refractivity contribution in [1.29, 1.82) is 0 Å². The van der Waals surface area contributed by atoms with Gasteiger partial charge in [0.05, 0.1) is 30.0 Å². The number of benzene rings is 2. The number of carbonyl (C=O) groups is 2. The predicted octanol–water partition coefficient (Wildman–Crippen LogP) is 5.29. The molecule has 1 fully saturated rings. The molecule has 1 aliphatic rings. The number of nitrogens with zero attached hydrogens (tertiary/aromatic N) is 2. The molecule has 1 unspecified atom stereocenters. The van der Waals surface area contributed by atoms with E-state index in [0.717, 1.165) is 28.7 Å². The van der Waals surface area contributed by atoms with Gasteiger partial charge >= 0.3 is 0 Å². The van der Waals surface area contributed by atoms with Gasteiger partial charge in [-0.3, -0.25) is 19.5 Å². The lowest BCUT2D eigenvalue weighted by Gasteiger charge is -2.26. The summed E-state index contributed by atoms with van der Waals surface area (Å²) in [7, 11) is 1.42. The lowest BCUT2D eigenvalue weighted by Crippen LogP contribution is -2.30. The van der Waals surface area contributed by atoms with Crippen molar-refractivity contribution in [3.8, 4) is 5.75 Å². The number of aliphatic hydroxyl groups is 1. The monoisotopic (exact) mass is 478 g/mol. The Bertz CT molecular complexity index is 1350. The number of rotatable bonds is 4. The molecule has 0 saturated carbocycles. The topological polar surface area (TPSA) is 79.7 Å². The van der Waals surface area contributed by atoms with Gasteiger partial charge in [-0.05, 0) is 46.9 Å². The number of Topliss-reactive ketones (excluding diaryl/α,β-unsaturated/α-hetero) is 1. The SMILES string of the molecule is COc1ccc(C(C)(C)C)cc1/C(O)=C1\C(=O)C(=O)N(c2cc(F)ccc2F)C1c1cccnc1. The van der Waals surface area contributed by atoms with Crippen LogP contribution in [0.15, 0.2) is 66.5 Å². The maximum atomic E-state index is 14.8. The Balaban J connectivity index is 2.02. The second-order valence-corrected chi connectivity index (χ2v) is 9.22. The van der Waals surface area contributed by atoms with Crippen molar-refractivity contribution in [2.75, 3.05) is 12.0 Å². The minimum absolute atomic E-state index is 0.200. The van der Waals surface area contributed by atoms with E-state index in [-0.39, 0.29) is 22.3 Å². The van der Waals surface area contributed by atoms with Crippen LogP contribution in [0.2, 0.25) is 0 Å². The summed E-state index contributed by atoms with van der Waals surface area (Å²) in [5.41, 5.74) is 0.394. The van der Waals surface area contributed by atoms with Crippen LogP contribution in [0.5, 0.6) is 5.75 Å². The highest BCUT2D eigenvalue weighted by molar-refractivity contribution is 6.51. The number of anilines is 1. The molecule has 1 atom stereocenters. The summed E-state index contributed by atoms with van der Waals surface area (Å²) in [5.74, 6) is -4.02. The van der Waals surface area contributed by atoms with Crippen LogP contribution in [0.1, 0.15) is 43.5 Å². The molecule has 0 spiro atoms. The minimum atomic E-state index is -1.25. The van der Waals surface area contributed by atoms with Gasteiger partial charge in [0.2, 0.25) is 0 Å². The summed E-state index contributed by atoms with van der Waals surface area (Å²) in [4.78, 5) is 31.3. The molecule has 180 valence electrons. The molecule has 1 saturated heterocycles. The van der Waals surface area contributed by atoms with Gasteiger partial charge in [0, 0.05) is 18.5 Å². The number of aliphatic hydroxyl groups excluding tert-OH is 1. The Kier molecular flexibility index (Phi) is 6.15. The summed E-state index contributed by atoms with van der Waals surface area (Å²) < 4.78 is 34.2. The van der Waals surface area contributed by atoms with E-state index in [9.17, 15) is 23.5 Å². The van der Waals surface area contributed by atoms with Crippen molar-refractivity contribution in [2.45, 2.75) is 32.2 Å². The maximum Gasteiger partial charge on any atom is 0.300 e. The van der Waals surface area contributed by atoms with Gasteiger partial charge in [-0.25, -0.2) is 8.78 Å². The van der Waals surface area contributed by atoms with Gasteiger partial charge in [0.15, 0.2) is 0 Å². The number of ketones is 1. The fourth-order valence-corrected chi connectivity index (χ4v) is 4.11. The second-order valence-electron chi connectivity index (χ2n) is 9.22. The van der Waals surface area contributed by atoms with Gasteiger partial charge in [-0.15, -0.1) is 0 Å². The molecule has 35 heavy (non-hydrogen) atoms. The number of methoxy groups -OCH3 is 1. The Morgan fingerprint density at radius 2 is 1.83 bits per heavy atom. The van der Waals surface area contributed by atoms with Crippen LogP contribution in [0.4, 0.5) is 14.5 Å². The van der Waals surface area contributed by atoms with Crippen molar-refractivity contribution >= 4 is 23.1 Å². The largest absolute Gasteiger partial charge is 0.507 e. The molecule has 4 rings (SSSR count). The molecule has 1 aliphatic heterocycles. The molecule has 8 heteroatoms. The highest BCUT2D eigenvalue weighted by Crippen LogP contribution is 2.44. The fourth-order valence-electron chi connectivity index (χ4n) is 4.11. The zero-order valence-electron chi connectivity index (χ0n) is 19.7. The molecular weight excluding hydrogens is 454 g/mol.